The average molecular weight is 269 g/mol. The summed E-state index contributed by atoms with van der Waals surface area (Å²) in [5, 5.41) is 6.06. The van der Waals surface area contributed by atoms with Crippen LogP contribution in [0.25, 0.3) is 0 Å². The van der Waals surface area contributed by atoms with Crippen molar-refractivity contribution in [2.24, 2.45) is 5.92 Å². The van der Waals surface area contributed by atoms with Crippen molar-refractivity contribution < 1.29 is 4.79 Å². The summed E-state index contributed by atoms with van der Waals surface area (Å²) in [5.74, 6) is 0.313. The van der Waals surface area contributed by atoms with Crippen LogP contribution in [-0.2, 0) is 4.79 Å². The van der Waals surface area contributed by atoms with Gasteiger partial charge in [0.05, 0.1) is 0 Å². The smallest absolute Gasteiger partial charge is 0.123 e. The summed E-state index contributed by atoms with van der Waals surface area (Å²) in [7, 11) is 3.75. The molecule has 19 heavy (non-hydrogen) atoms. The van der Waals surface area contributed by atoms with Gasteiger partial charge in [-0.25, -0.2) is 0 Å². The molecule has 0 radical (unpaired) electrons. The molecule has 2 rings (SSSR count). The van der Waals surface area contributed by atoms with Crippen LogP contribution in [0.1, 0.15) is 33.1 Å². The number of aldehydes is 1. The van der Waals surface area contributed by atoms with Crippen LogP contribution >= 0.6 is 0 Å². The molecule has 0 aromatic carbocycles. The van der Waals surface area contributed by atoms with E-state index in [2.05, 4.69) is 21.6 Å². The topological polar surface area (TPSA) is 44.4 Å². The Labute approximate surface area is 118 Å². The third-order valence-electron chi connectivity index (χ3n) is 3.18. The number of rotatable bonds is 2. The Bertz CT molecular complexity index is 246. The fraction of sp³-hybridized carbons (Fsp3) is 0.800. The number of piperidine rings is 1. The zero-order valence-corrected chi connectivity index (χ0v) is 13.0. The van der Waals surface area contributed by atoms with Gasteiger partial charge in [0.25, 0.3) is 0 Å². The largest absolute Gasteiger partial charge is 0.375 e. The van der Waals surface area contributed by atoms with Gasteiger partial charge < -0.3 is 20.3 Å². The monoisotopic (exact) mass is 269 g/mol. The molecule has 0 saturated carbocycles. The normalized spacial score (nSPS) is 19.4. The molecule has 1 saturated heterocycles. The van der Waals surface area contributed by atoms with Crippen LogP contribution < -0.4 is 10.6 Å². The third-order valence-corrected chi connectivity index (χ3v) is 3.18. The Balaban J connectivity index is 0.000000573. The Hall–Kier alpha value is -0.870. The molecule has 2 aliphatic rings. The molecule has 0 aromatic heterocycles. The van der Waals surface area contributed by atoms with E-state index in [9.17, 15) is 4.79 Å². The minimum absolute atomic E-state index is 0.313. The SMILES string of the molecule is CC.CNC.O=CC1CCN(C2=CCNCC2)CC1. The van der Waals surface area contributed by atoms with Gasteiger partial charge in [-0.05, 0) is 33.4 Å². The highest BCUT2D eigenvalue weighted by Crippen LogP contribution is 2.20. The van der Waals surface area contributed by atoms with Crippen LogP contribution in [0.4, 0.5) is 0 Å². The van der Waals surface area contributed by atoms with Gasteiger partial charge in [-0.15, -0.1) is 0 Å². The fourth-order valence-corrected chi connectivity index (χ4v) is 2.22. The van der Waals surface area contributed by atoms with Crippen LogP contribution in [0, 0.1) is 5.92 Å². The highest BCUT2D eigenvalue weighted by atomic mass is 16.1. The lowest BCUT2D eigenvalue weighted by Crippen LogP contribution is -2.36. The van der Waals surface area contributed by atoms with Crippen molar-refractivity contribution in [3.05, 3.63) is 11.8 Å². The first-order valence-electron chi connectivity index (χ1n) is 7.50. The summed E-state index contributed by atoms with van der Waals surface area (Å²) >= 11 is 0. The van der Waals surface area contributed by atoms with E-state index in [0.29, 0.717) is 5.92 Å². The highest BCUT2D eigenvalue weighted by Gasteiger charge is 2.20. The van der Waals surface area contributed by atoms with Crippen molar-refractivity contribution >= 4 is 6.29 Å². The summed E-state index contributed by atoms with van der Waals surface area (Å²) in [6.07, 6.45) is 6.62. The molecule has 2 heterocycles. The van der Waals surface area contributed by atoms with E-state index in [1.165, 1.54) is 5.70 Å². The van der Waals surface area contributed by atoms with E-state index in [1.807, 2.05) is 27.9 Å². The molecule has 4 heteroatoms. The maximum atomic E-state index is 10.6. The number of hydrogen-bond donors (Lipinski definition) is 2. The predicted octanol–water partition coefficient (Wildman–Crippen LogP) is 1.64. The molecule has 2 aliphatic heterocycles. The quantitative estimate of drug-likeness (QED) is 0.748. The lowest BCUT2D eigenvalue weighted by molar-refractivity contribution is -0.112. The second-order valence-corrected chi connectivity index (χ2v) is 4.61. The predicted molar refractivity (Wildman–Crippen MR) is 82.3 cm³/mol. The minimum atomic E-state index is 0.313. The second-order valence-electron chi connectivity index (χ2n) is 4.61. The summed E-state index contributed by atoms with van der Waals surface area (Å²) < 4.78 is 0. The summed E-state index contributed by atoms with van der Waals surface area (Å²) in [6, 6.07) is 0. The maximum Gasteiger partial charge on any atom is 0.123 e. The molecule has 0 bridgehead atoms. The second kappa shape index (κ2) is 12.2. The molecule has 0 unspecified atom stereocenters. The summed E-state index contributed by atoms with van der Waals surface area (Å²) in [6.45, 7) is 8.23. The molecule has 2 N–H and O–H groups in total. The van der Waals surface area contributed by atoms with E-state index in [1.54, 1.807) is 0 Å². The third kappa shape index (κ3) is 7.33. The van der Waals surface area contributed by atoms with E-state index in [-0.39, 0.29) is 0 Å². The van der Waals surface area contributed by atoms with Crippen molar-refractivity contribution in [3.63, 3.8) is 0 Å². The maximum absolute atomic E-state index is 10.6. The first kappa shape index (κ1) is 18.1. The molecule has 1 fully saturated rings. The molecule has 112 valence electrons. The number of hydrogen-bond acceptors (Lipinski definition) is 4. The van der Waals surface area contributed by atoms with Crippen LogP contribution in [0.15, 0.2) is 11.8 Å². The number of carbonyl (C=O) groups is 1. The van der Waals surface area contributed by atoms with Crippen LogP contribution in [0.5, 0.6) is 0 Å². The lowest BCUT2D eigenvalue weighted by atomic mass is 9.97. The Kier molecular flexibility index (Phi) is 11.6. The van der Waals surface area contributed by atoms with Crippen molar-refractivity contribution in [2.45, 2.75) is 33.1 Å². The standard InChI is InChI=1S/C11H18N2O.C2H7N.C2H6/c14-9-10-3-7-13(8-4-10)11-1-5-12-6-2-11;1-3-2;1-2/h1,9-10,12H,2-8H2;3H,1-2H3;1-2H3. The number of likely N-dealkylation sites (tertiary alicyclic amines) is 1. The highest BCUT2D eigenvalue weighted by molar-refractivity contribution is 5.53. The van der Waals surface area contributed by atoms with E-state index in [0.717, 1.165) is 51.7 Å². The van der Waals surface area contributed by atoms with Gasteiger partial charge in [0.2, 0.25) is 0 Å². The van der Waals surface area contributed by atoms with Gasteiger partial charge >= 0.3 is 0 Å². The fourth-order valence-electron chi connectivity index (χ4n) is 2.22. The van der Waals surface area contributed by atoms with Crippen molar-refractivity contribution in [2.75, 3.05) is 40.3 Å². The van der Waals surface area contributed by atoms with E-state index < -0.39 is 0 Å². The van der Waals surface area contributed by atoms with Gasteiger partial charge in [0.15, 0.2) is 0 Å². The molecule has 0 atom stereocenters. The van der Waals surface area contributed by atoms with Crippen LogP contribution in [0.2, 0.25) is 0 Å². The van der Waals surface area contributed by atoms with Gasteiger partial charge in [-0.2, -0.15) is 0 Å². The number of nitrogens with one attached hydrogen (secondary N) is 2. The Morgan fingerprint density at radius 1 is 1.32 bits per heavy atom. The zero-order valence-electron chi connectivity index (χ0n) is 13.0. The Morgan fingerprint density at radius 2 is 1.89 bits per heavy atom. The van der Waals surface area contributed by atoms with Gasteiger partial charge in [0.1, 0.15) is 6.29 Å². The molecule has 0 aliphatic carbocycles. The van der Waals surface area contributed by atoms with Gasteiger partial charge in [0, 0.05) is 37.8 Å². The molecule has 4 nitrogen and oxygen atoms in total. The van der Waals surface area contributed by atoms with Crippen molar-refractivity contribution in [1.29, 1.82) is 0 Å². The number of nitrogens with zero attached hydrogens (tertiary/aromatic N) is 1. The molecular weight excluding hydrogens is 238 g/mol. The number of carbonyl (C=O) groups excluding carboxylic acids is 1. The van der Waals surface area contributed by atoms with Gasteiger partial charge in [-0.3, -0.25) is 0 Å². The van der Waals surface area contributed by atoms with Crippen molar-refractivity contribution in [1.82, 2.24) is 15.5 Å². The summed E-state index contributed by atoms with van der Waals surface area (Å²) in [4.78, 5) is 13.0. The minimum Gasteiger partial charge on any atom is -0.375 e. The van der Waals surface area contributed by atoms with Crippen molar-refractivity contribution in [3.8, 4) is 0 Å². The van der Waals surface area contributed by atoms with Gasteiger partial charge in [-0.1, -0.05) is 19.9 Å². The average Bonchev–Trinajstić information content (AvgIpc) is 2.51. The van der Waals surface area contributed by atoms with E-state index >= 15 is 0 Å². The first-order valence-corrected chi connectivity index (χ1v) is 7.50. The molecule has 0 aromatic rings. The molecule has 0 spiro atoms. The lowest BCUT2D eigenvalue weighted by Gasteiger charge is -2.34. The van der Waals surface area contributed by atoms with E-state index in [4.69, 9.17) is 0 Å². The summed E-state index contributed by atoms with van der Waals surface area (Å²) in [5.41, 5.74) is 1.48. The zero-order chi connectivity index (χ0) is 14.5. The Morgan fingerprint density at radius 3 is 2.32 bits per heavy atom. The first-order chi connectivity index (χ1) is 9.31. The van der Waals surface area contributed by atoms with Crippen LogP contribution in [-0.4, -0.2) is 51.5 Å². The molecular formula is C15H31N3O. The molecule has 0 amide bonds. The van der Waals surface area contributed by atoms with Crippen LogP contribution in [0.3, 0.4) is 0 Å².